The van der Waals surface area contributed by atoms with Gasteiger partial charge in [-0.2, -0.15) is 0 Å². The predicted octanol–water partition coefficient (Wildman–Crippen LogP) is 3.58. The average molecular weight is 355 g/mol. The molecule has 1 amide bonds. The molecule has 0 aliphatic rings. The molecule has 3 nitrogen and oxygen atoms in total. The normalized spacial score (nSPS) is 10.5. The van der Waals surface area contributed by atoms with E-state index in [0.717, 1.165) is 6.07 Å². The zero-order chi connectivity index (χ0) is 15.6. The fourth-order valence-corrected chi connectivity index (χ4v) is 2.37. The first-order valence-electron chi connectivity index (χ1n) is 6.13. The van der Waals surface area contributed by atoms with Gasteiger partial charge in [-0.3, -0.25) is 4.79 Å². The Kier molecular flexibility index (Phi) is 4.57. The summed E-state index contributed by atoms with van der Waals surface area (Å²) in [7, 11) is 1.54. The lowest BCUT2D eigenvalue weighted by Crippen LogP contribution is -2.27. The molecule has 0 bridgehead atoms. The summed E-state index contributed by atoms with van der Waals surface area (Å²) < 4.78 is 27.2. The van der Waals surface area contributed by atoms with E-state index in [1.54, 1.807) is 25.2 Å². The maximum atomic E-state index is 13.6. The number of carbonyl (C=O) groups is 1. The van der Waals surface area contributed by atoms with Gasteiger partial charge in [0.2, 0.25) is 0 Å². The van der Waals surface area contributed by atoms with Gasteiger partial charge in [0.15, 0.2) is 0 Å². The molecule has 0 fully saturated rings. The van der Waals surface area contributed by atoms with E-state index in [9.17, 15) is 13.6 Å². The lowest BCUT2D eigenvalue weighted by atomic mass is 10.1. The number of anilines is 1. The number of nitrogens with two attached hydrogens (primary N) is 1. The molecule has 0 saturated heterocycles. The zero-order valence-corrected chi connectivity index (χ0v) is 12.8. The molecule has 21 heavy (non-hydrogen) atoms. The highest BCUT2D eigenvalue weighted by atomic mass is 79.9. The highest BCUT2D eigenvalue weighted by molar-refractivity contribution is 9.10. The lowest BCUT2D eigenvalue weighted by molar-refractivity contribution is 0.0783. The third-order valence-electron chi connectivity index (χ3n) is 3.03. The van der Waals surface area contributed by atoms with Crippen LogP contribution >= 0.6 is 15.9 Å². The molecule has 0 aromatic heterocycles. The number of carbonyl (C=O) groups excluding carboxylic acids is 1. The van der Waals surface area contributed by atoms with Crippen LogP contribution in [0.25, 0.3) is 0 Å². The van der Waals surface area contributed by atoms with Crippen LogP contribution in [0.3, 0.4) is 0 Å². The Labute approximate surface area is 129 Å². The van der Waals surface area contributed by atoms with E-state index in [0.29, 0.717) is 10.0 Å². The number of hydrogen-bond acceptors (Lipinski definition) is 2. The third kappa shape index (κ3) is 3.39. The number of halogens is 3. The fraction of sp³-hybridized carbons (Fsp3) is 0.133. The number of benzene rings is 2. The van der Waals surface area contributed by atoms with Gasteiger partial charge in [-0.05, 0) is 34.1 Å². The van der Waals surface area contributed by atoms with Gasteiger partial charge in [0.05, 0.1) is 11.3 Å². The van der Waals surface area contributed by atoms with Crippen LogP contribution < -0.4 is 5.73 Å². The number of nitrogen functional groups attached to an aromatic ring is 1. The standard InChI is InChI=1S/C15H13BrF2N2O/c1-20(8-9-4-2-3-5-12(9)17)15(21)10-6-14(19)13(18)7-11(10)16/h2-7H,8,19H2,1H3. The van der Waals surface area contributed by atoms with E-state index in [4.69, 9.17) is 5.73 Å². The van der Waals surface area contributed by atoms with E-state index in [2.05, 4.69) is 15.9 Å². The van der Waals surface area contributed by atoms with Crippen molar-refractivity contribution in [1.82, 2.24) is 4.90 Å². The summed E-state index contributed by atoms with van der Waals surface area (Å²) >= 11 is 3.13. The summed E-state index contributed by atoms with van der Waals surface area (Å²) in [5.74, 6) is -1.36. The molecule has 0 unspecified atom stereocenters. The van der Waals surface area contributed by atoms with Crippen LogP contribution in [0, 0.1) is 11.6 Å². The predicted molar refractivity (Wildman–Crippen MR) is 80.7 cm³/mol. The minimum Gasteiger partial charge on any atom is -0.396 e. The van der Waals surface area contributed by atoms with Crippen LogP contribution in [0.5, 0.6) is 0 Å². The number of nitrogens with zero attached hydrogens (tertiary/aromatic N) is 1. The quantitative estimate of drug-likeness (QED) is 0.856. The Morgan fingerprint density at radius 1 is 1.24 bits per heavy atom. The summed E-state index contributed by atoms with van der Waals surface area (Å²) in [5, 5.41) is 0. The summed E-state index contributed by atoms with van der Waals surface area (Å²) in [6.45, 7) is 0.106. The Hall–Kier alpha value is -1.95. The van der Waals surface area contributed by atoms with E-state index in [1.807, 2.05) is 0 Å². The molecule has 0 spiro atoms. The van der Waals surface area contributed by atoms with Crippen molar-refractivity contribution < 1.29 is 13.6 Å². The van der Waals surface area contributed by atoms with Crippen molar-refractivity contribution in [1.29, 1.82) is 0 Å². The SMILES string of the molecule is CN(Cc1ccccc1F)C(=O)c1cc(N)c(F)cc1Br. The second-order valence-electron chi connectivity index (χ2n) is 4.61. The maximum absolute atomic E-state index is 13.6. The fourth-order valence-electron chi connectivity index (χ4n) is 1.89. The van der Waals surface area contributed by atoms with Crippen molar-refractivity contribution in [2.45, 2.75) is 6.54 Å². The molecule has 0 aliphatic heterocycles. The number of hydrogen-bond donors (Lipinski definition) is 1. The second kappa shape index (κ2) is 6.22. The Balaban J connectivity index is 2.24. The first-order valence-corrected chi connectivity index (χ1v) is 6.93. The molecule has 2 rings (SSSR count). The molecule has 2 N–H and O–H groups in total. The van der Waals surface area contributed by atoms with Crippen LogP contribution in [0.15, 0.2) is 40.9 Å². The van der Waals surface area contributed by atoms with E-state index in [1.165, 1.54) is 17.0 Å². The summed E-state index contributed by atoms with van der Waals surface area (Å²) in [6.07, 6.45) is 0. The molecule has 0 radical (unpaired) electrons. The second-order valence-corrected chi connectivity index (χ2v) is 5.46. The zero-order valence-electron chi connectivity index (χ0n) is 11.2. The Morgan fingerprint density at radius 3 is 2.57 bits per heavy atom. The van der Waals surface area contributed by atoms with E-state index in [-0.39, 0.29) is 29.5 Å². The van der Waals surface area contributed by atoms with Crippen molar-refractivity contribution in [3.05, 3.63) is 63.6 Å². The topological polar surface area (TPSA) is 46.3 Å². The molecule has 0 heterocycles. The van der Waals surface area contributed by atoms with Gasteiger partial charge in [0.25, 0.3) is 5.91 Å². The highest BCUT2D eigenvalue weighted by Crippen LogP contribution is 2.24. The molecule has 0 saturated carbocycles. The van der Waals surface area contributed by atoms with Gasteiger partial charge < -0.3 is 10.6 Å². The first-order chi connectivity index (χ1) is 9.90. The van der Waals surface area contributed by atoms with E-state index < -0.39 is 5.82 Å². The Bertz CT molecular complexity index is 691. The van der Waals surface area contributed by atoms with Gasteiger partial charge >= 0.3 is 0 Å². The van der Waals surface area contributed by atoms with E-state index >= 15 is 0 Å². The van der Waals surface area contributed by atoms with Crippen LogP contribution in [0.4, 0.5) is 14.5 Å². The molecule has 6 heteroatoms. The number of amides is 1. The van der Waals surface area contributed by atoms with Gasteiger partial charge in [0, 0.05) is 23.6 Å². The summed E-state index contributed by atoms with van der Waals surface area (Å²) in [5.41, 5.74) is 6.00. The molecule has 0 atom stereocenters. The monoisotopic (exact) mass is 354 g/mol. The average Bonchev–Trinajstić information content (AvgIpc) is 2.44. The van der Waals surface area contributed by atoms with Crippen LogP contribution in [0.1, 0.15) is 15.9 Å². The van der Waals surface area contributed by atoms with Gasteiger partial charge in [0.1, 0.15) is 11.6 Å². The van der Waals surface area contributed by atoms with Gasteiger partial charge in [-0.15, -0.1) is 0 Å². The Morgan fingerprint density at radius 2 is 1.90 bits per heavy atom. The summed E-state index contributed by atoms with van der Waals surface area (Å²) in [6, 6.07) is 8.62. The minimum absolute atomic E-state index is 0.106. The molecule has 110 valence electrons. The first kappa shape index (κ1) is 15.4. The maximum Gasteiger partial charge on any atom is 0.255 e. The van der Waals surface area contributed by atoms with Crippen molar-refractivity contribution in [3.8, 4) is 0 Å². The van der Waals surface area contributed by atoms with Gasteiger partial charge in [-0.25, -0.2) is 8.78 Å². The number of rotatable bonds is 3. The van der Waals surface area contributed by atoms with Crippen molar-refractivity contribution >= 4 is 27.5 Å². The lowest BCUT2D eigenvalue weighted by Gasteiger charge is -2.19. The summed E-state index contributed by atoms with van der Waals surface area (Å²) in [4.78, 5) is 13.7. The van der Waals surface area contributed by atoms with Crippen LogP contribution in [-0.2, 0) is 6.54 Å². The molecular weight excluding hydrogens is 342 g/mol. The smallest absolute Gasteiger partial charge is 0.255 e. The largest absolute Gasteiger partial charge is 0.396 e. The van der Waals surface area contributed by atoms with Crippen molar-refractivity contribution in [3.63, 3.8) is 0 Å². The van der Waals surface area contributed by atoms with Crippen molar-refractivity contribution in [2.24, 2.45) is 0 Å². The van der Waals surface area contributed by atoms with Crippen LogP contribution in [-0.4, -0.2) is 17.9 Å². The molecular formula is C15H13BrF2N2O. The van der Waals surface area contributed by atoms with Crippen molar-refractivity contribution in [2.75, 3.05) is 12.8 Å². The minimum atomic E-state index is -0.602. The highest BCUT2D eigenvalue weighted by Gasteiger charge is 2.18. The van der Waals surface area contributed by atoms with Crippen LogP contribution in [0.2, 0.25) is 0 Å². The third-order valence-corrected chi connectivity index (χ3v) is 3.68. The van der Waals surface area contributed by atoms with Gasteiger partial charge in [-0.1, -0.05) is 18.2 Å². The molecule has 2 aromatic carbocycles. The molecule has 0 aliphatic carbocycles. The molecule has 2 aromatic rings.